The van der Waals surface area contributed by atoms with Crippen LogP contribution in [0.3, 0.4) is 0 Å². The Morgan fingerprint density at radius 2 is 2.25 bits per heavy atom. The number of alkyl halides is 3. The van der Waals surface area contributed by atoms with Gasteiger partial charge in [0.05, 0.1) is 13.2 Å². The SMILES string of the molecule is O=C(CCOCC(F)(F)F)C1=CCCCO1. The number of allylic oxidation sites excluding steroid dienone is 2. The molecule has 1 aliphatic rings. The molecule has 0 aromatic carbocycles. The maximum absolute atomic E-state index is 11.7. The zero-order valence-corrected chi connectivity index (χ0v) is 8.68. The van der Waals surface area contributed by atoms with Gasteiger partial charge in [0.1, 0.15) is 6.61 Å². The van der Waals surface area contributed by atoms with Crippen LogP contribution in [0.1, 0.15) is 19.3 Å². The third kappa shape index (κ3) is 5.16. The van der Waals surface area contributed by atoms with Crippen molar-refractivity contribution in [3.05, 3.63) is 11.8 Å². The molecule has 0 unspecified atom stereocenters. The number of carbonyl (C=O) groups excluding carboxylic acids is 1. The second-order valence-corrected chi connectivity index (χ2v) is 3.40. The van der Waals surface area contributed by atoms with Gasteiger partial charge in [0.2, 0.25) is 0 Å². The lowest BCUT2D eigenvalue weighted by molar-refractivity contribution is -0.174. The van der Waals surface area contributed by atoms with Crippen molar-refractivity contribution in [2.45, 2.75) is 25.4 Å². The van der Waals surface area contributed by atoms with Crippen LogP contribution in [0, 0.1) is 0 Å². The summed E-state index contributed by atoms with van der Waals surface area (Å²) in [5.74, 6) is -0.0521. The van der Waals surface area contributed by atoms with Crippen LogP contribution in [-0.2, 0) is 14.3 Å². The summed E-state index contributed by atoms with van der Waals surface area (Å²) in [6.07, 6.45) is -1.13. The van der Waals surface area contributed by atoms with Crippen molar-refractivity contribution < 1.29 is 27.4 Å². The van der Waals surface area contributed by atoms with Crippen LogP contribution in [-0.4, -0.2) is 31.8 Å². The zero-order valence-electron chi connectivity index (χ0n) is 8.68. The van der Waals surface area contributed by atoms with Gasteiger partial charge in [0, 0.05) is 6.42 Å². The average Bonchev–Trinajstić information content (AvgIpc) is 2.24. The number of halogens is 3. The maximum atomic E-state index is 11.7. The maximum Gasteiger partial charge on any atom is 0.411 e. The Morgan fingerprint density at radius 1 is 1.50 bits per heavy atom. The summed E-state index contributed by atoms with van der Waals surface area (Å²) >= 11 is 0. The molecule has 0 bridgehead atoms. The molecule has 0 saturated heterocycles. The lowest BCUT2D eigenvalue weighted by Crippen LogP contribution is -2.19. The first-order valence-electron chi connectivity index (χ1n) is 5.00. The number of ketones is 1. The molecular weight excluding hydrogens is 225 g/mol. The van der Waals surface area contributed by atoms with Crippen LogP contribution in [0.2, 0.25) is 0 Å². The molecule has 0 radical (unpaired) electrons. The Morgan fingerprint density at radius 3 is 2.81 bits per heavy atom. The van der Waals surface area contributed by atoms with Crippen LogP contribution in [0.25, 0.3) is 0 Å². The fourth-order valence-electron chi connectivity index (χ4n) is 1.23. The Hall–Kier alpha value is -1.04. The third-order valence-electron chi connectivity index (χ3n) is 1.95. The van der Waals surface area contributed by atoms with Crippen LogP contribution in [0.4, 0.5) is 13.2 Å². The minimum Gasteiger partial charge on any atom is -0.490 e. The standard InChI is InChI=1S/C10H13F3O3/c11-10(12,13)7-15-6-4-8(14)9-3-1-2-5-16-9/h3H,1-2,4-7H2. The minimum absolute atomic E-state index is 0.0814. The number of Topliss-reactive ketones (excluding diaryl/α,β-unsaturated/α-hetero) is 1. The molecule has 0 aromatic rings. The van der Waals surface area contributed by atoms with Gasteiger partial charge in [0.25, 0.3) is 0 Å². The molecule has 1 rings (SSSR count). The molecule has 1 aliphatic heterocycles. The predicted molar refractivity (Wildman–Crippen MR) is 49.8 cm³/mol. The van der Waals surface area contributed by atoms with Crippen LogP contribution in [0.5, 0.6) is 0 Å². The highest BCUT2D eigenvalue weighted by molar-refractivity contribution is 5.93. The number of hydrogen-bond donors (Lipinski definition) is 0. The van der Waals surface area contributed by atoms with Gasteiger partial charge in [-0.3, -0.25) is 4.79 Å². The van der Waals surface area contributed by atoms with E-state index in [2.05, 4.69) is 4.74 Å². The van der Waals surface area contributed by atoms with Crippen molar-refractivity contribution in [1.29, 1.82) is 0 Å². The number of ether oxygens (including phenoxy) is 2. The van der Waals surface area contributed by atoms with Crippen molar-refractivity contribution in [3.8, 4) is 0 Å². The second kappa shape index (κ2) is 5.89. The van der Waals surface area contributed by atoms with E-state index in [1.54, 1.807) is 6.08 Å². The van der Waals surface area contributed by atoms with Crippen molar-refractivity contribution >= 4 is 5.78 Å². The fourth-order valence-corrected chi connectivity index (χ4v) is 1.23. The topological polar surface area (TPSA) is 35.5 Å². The van der Waals surface area contributed by atoms with Gasteiger partial charge in [-0.15, -0.1) is 0 Å². The van der Waals surface area contributed by atoms with E-state index >= 15 is 0 Å². The first kappa shape index (κ1) is 13.0. The van der Waals surface area contributed by atoms with Crippen LogP contribution in [0.15, 0.2) is 11.8 Å². The fraction of sp³-hybridized carbons (Fsp3) is 0.700. The summed E-state index contributed by atoms with van der Waals surface area (Å²) in [4.78, 5) is 11.4. The van der Waals surface area contributed by atoms with Gasteiger partial charge in [0.15, 0.2) is 11.5 Å². The first-order chi connectivity index (χ1) is 7.49. The van der Waals surface area contributed by atoms with Gasteiger partial charge >= 0.3 is 6.18 Å². The molecule has 0 aromatic heterocycles. The molecule has 0 atom stereocenters. The normalized spacial score (nSPS) is 16.6. The number of hydrogen-bond acceptors (Lipinski definition) is 3. The van der Waals surface area contributed by atoms with Crippen LogP contribution >= 0.6 is 0 Å². The average molecular weight is 238 g/mol. The molecule has 0 fully saturated rings. The quantitative estimate of drug-likeness (QED) is 0.689. The third-order valence-corrected chi connectivity index (χ3v) is 1.95. The van der Waals surface area contributed by atoms with E-state index in [4.69, 9.17) is 4.74 Å². The van der Waals surface area contributed by atoms with Crippen molar-refractivity contribution in [1.82, 2.24) is 0 Å². The molecule has 0 N–H and O–H groups in total. The summed E-state index contributed by atoms with van der Waals surface area (Å²) in [6, 6.07) is 0. The molecule has 0 aliphatic carbocycles. The van der Waals surface area contributed by atoms with Crippen molar-refractivity contribution in [2.24, 2.45) is 0 Å². The van der Waals surface area contributed by atoms with Gasteiger partial charge in [-0.25, -0.2) is 0 Å². The number of carbonyl (C=O) groups is 1. The summed E-state index contributed by atoms with van der Waals surface area (Å²) in [5, 5.41) is 0. The highest BCUT2D eigenvalue weighted by Crippen LogP contribution is 2.15. The van der Waals surface area contributed by atoms with Gasteiger partial charge in [-0.1, -0.05) is 0 Å². The Labute approximate surface area is 91.2 Å². The molecule has 0 saturated carbocycles. The van der Waals surface area contributed by atoms with Gasteiger partial charge in [-0.05, 0) is 18.9 Å². The molecule has 0 amide bonds. The van der Waals surface area contributed by atoms with E-state index in [1.807, 2.05) is 0 Å². The Kier molecular flexibility index (Phi) is 4.79. The second-order valence-electron chi connectivity index (χ2n) is 3.40. The molecule has 0 spiro atoms. The molecule has 3 nitrogen and oxygen atoms in total. The largest absolute Gasteiger partial charge is 0.490 e. The lowest BCUT2D eigenvalue weighted by atomic mass is 10.1. The Balaban J connectivity index is 2.18. The number of rotatable bonds is 5. The molecule has 6 heteroatoms. The van der Waals surface area contributed by atoms with E-state index in [1.165, 1.54) is 0 Å². The Bertz CT molecular complexity index is 271. The zero-order chi connectivity index (χ0) is 12.0. The van der Waals surface area contributed by atoms with E-state index in [-0.39, 0.29) is 24.6 Å². The van der Waals surface area contributed by atoms with E-state index < -0.39 is 12.8 Å². The van der Waals surface area contributed by atoms with E-state index in [0.717, 1.165) is 12.8 Å². The highest BCUT2D eigenvalue weighted by atomic mass is 19.4. The van der Waals surface area contributed by atoms with Gasteiger partial charge in [-0.2, -0.15) is 13.2 Å². The molecule has 1 heterocycles. The first-order valence-corrected chi connectivity index (χ1v) is 5.00. The monoisotopic (exact) mass is 238 g/mol. The van der Waals surface area contributed by atoms with E-state index in [0.29, 0.717) is 6.61 Å². The molecule has 92 valence electrons. The van der Waals surface area contributed by atoms with E-state index in [9.17, 15) is 18.0 Å². The molecular formula is C10H13F3O3. The minimum atomic E-state index is -4.34. The summed E-state index contributed by atoms with van der Waals surface area (Å²) in [5.41, 5.74) is 0. The predicted octanol–water partition coefficient (Wildman–Crippen LogP) is 2.22. The van der Waals surface area contributed by atoms with Crippen molar-refractivity contribution in [2.75, 3.05) is 19.8 Å². The lowest BCUT2D eigenvalue weighted by Gasteiger charge is -2.13. The van der Waals surface area contributed by atoms with Crippen molar-refractivity contribution in [3.63, 3.8) is 0 Å². The highest BCUT2D eigenvalue weighted by Gasteiger charge is 2.27. The van der Waals surface area contributed by atoms with Crippen LogP contribution < -0.4 is 0 Å². The summed E-state index contributed by atoms with van der Waals surface area (Å²) in [7, 11) is 0. The van der Waals surface area contributed by atoms with Gasteiger partial charge < -0.3 is 9.47 Å². The molecule has 16 heavy (non-hydrogen) atoms. The summed E-state index contributed by atoms with van der Waals surface area (Å²) < 4.78 is 44.5. The smallest absolute Gasteiger partial charge is 0.411 e. The summed E-state index contributed by atoms with van der Waals surface area (Å²) in [6.45, 7) is -1.07.